The highest BCUT2D eigenvalue weighted by atomic mass is 16.7. The van der Waals surface area contributed by atoms with Crippen LogP contribution in [0.4, 0.5) is 0 Å². The van der Waals surface area contributed by atoms with Crippen LogP contribution in [0.2, 0.25) is 0 Å². The number of fused-ring (bicyclic) bond motifs is 1. The van der Waals surface area contributed by atoms with E-state index in [4.69, 9.17) is 4.84 Å². The van der Waals surface area contributed by atoms with E-state index in [1.165, 1.54) is 24.8 Å². The molecule has 3 rings (SSSR count). The highest BCUT2D eigenvalue weighted by Gasteiger charge is 2.41. The third-order valence-corrected chi connectivity index (χ3v) is 4.13. The van der Waals surface area contributed by atoms with E-state index in [0.717, 1.165) is 12.5 Å². The van der Waals surface area contributed by atoms with Gasteiger partial charge in [-0.3, -0.25) is 4.84 Å². The Morgan fingerprint density at radius 2 is 2.00 bits per heavy atom. The molecule has 0 N–H and O–H groups in total. The summed E-state index contributed by atoms with van der Waals surface area (Å²) in [4.78, 5) is 5.68. The van der Waals surface area contributed by atoms with Crippen molar-refractivity contribution in [1.29, 1.82) is 0 Å². The molecule has 1 saturated heterocycles. The summed E-state index contributed by atoms with van der Waals surface area (Å²) in [6, 6.07) is 11.5. The second kappa shape index (κ2) is 4.19. The van der Waals surface area contributed by atoms with E-state index in [1.807, 2.05) is 0 Å². The van der Waals surface area contributed by atoms with Gasteiger partial charge in [-0.05, 0) is 18.4 Å². The van der Waals surface area contributed by atoms with Gasteiger partial charge < -0.3 is 0 Å². The molecule has 2 heteroatoms. The van der Waals surface area contributed by atoms with Crippen molar-refractivity contribution in [1.82, 2.24) is 5.06 Å². The standard InChI is InChI=1S/C14H19NO/c1-15-14-12(10-16-15)8-5-9-13(14)11-6-3-2-4-7-11/h2-4,6-7,12-14H,5,8-10H2,1H3. The number of hydrogen-bond acceptors (Lipinski definition) is 2. The van der Waals surface area contributed by atoms with E-state index in [-0.39, 0.29) is 0 Å². The third kappa shape index (κ3) is 1.66. The zero-order valence-corrected chi connectivity index (χ0v) is 9.80. The maximum absolute atomic E-state index is 5.68. The number of hydrogen-bond donors (Lipinski definition) is 0. The van der Waals surface area contributed by atoms with Gasteiger partial charge in [0.2, 0.25) is 0 Å². The molecule has 2 fully saturated rings. The maximum atomic E-state index is 5.68. The lowest BCUT2D eigenvalue weighted by atomic mass is 9.74. The third-order valence-electron chi connectivity index (χ3n) is 4.13. The van der Waals surface area contributed by atoms with Gasteiger partial charge in [0.15, 0.2) is 0 Å². The molecule has 0 aromatic heterocycles. The van der Waals surface area contributed by atoms with Crippen LogP contribution in [0.1, 0.15) is 30.7 Å². The van der Waals surface area contributed by atoms with Gasteiger partial charge >= 0.3 is 0 Å². The maximum Gasteiger partial charge on any atom is 0.0729 e. The van der Waals surface area contributed by atoms with Crippen LogP contribution in [0.5, 0.6) is 0 Å². The van der Waals surface area contributed by atoms with E-state index >= 15 is 0 Å². The predicted molar refractivity (Wildman–Crippen MR) is 64.0 cm³/mol. The van der Waals surface area contributed by atoms with Gasteiger partial charge in [-0.1, -0.05) is 36.8 Å². The lowest BCUT2D eigenvalue weighted by Crippen LogP contribution is -2.37. The molecule has 1 aromatic rings. The molecule has 1 aromatic carbocycles. The Balaban J connectivity index is 1.89. The molecule has 0 radical (unpaired) electrons. The minimum atomic E-state index is 0.594. The monoisotopic (exact) mass is 217 g/mol. The topological polar surface area (TPSA) is 12.5 Å². The Labute approximate surface area is 97.2 Å². The van der Waals surface area contributed by atoms with Crippen molar-refractivity contribution in [3.05, 3.63) is 35.9 Å². The van der Waals surface area contributed by atoms with E-state index in [2.05, 4.69) is 42.4 Å². The smallest absolute Gasteiger partial charge is 0.0729 e. The highest BCUT2D eigenvalue weighted by molar-refractivity contribution is 5.22. The first-order valence-electron chi connectivity index (χ1n) is 6.27. The zero-order valence-electron chi connectivity index (χ0n) is 9.80. The van der Waals surface area contributed by atoms with Gasteiger partial charge in [-0.15, -0.1) is 0 Å². The average Bonchev–Trinajstić information content (AvgIpc) is 2.73. The number of nitrogens with zero attached hydrogens (tertiary/aromatic N) is 1. The lowest BCUT2D eigenvalue weighted by molar-refractivity contribution is -0.114. The van der Waals surface area contributed by atoms with Crippen molar-refractivity contribution < 1.29 is 4.84 Å². The van der Waals surface area contributed by atoms with E-state index in [9.17, 15) is 0 Å². The molecule has 3 atom stereocenters. The van der Waals surface area contributed by atoms with Crippen molar-refractivity contribution in [3.63, 3.8) is 0 Å². The summed E-state index contributed by atoms with van der Waals surface area (Å²) < 4.78 is 0. The van der Waals surface area contributed by atoms with Crippen molar-refractivity contribution >= 4 is 0 Å². The fourth-order valence-electron chi connectivity index (χ4n) is 3.37. The molecule has 0 spiro atoms. The average molecular weight is 217 g/mol. The highest BCUT2D eigenvalue weighted by Crippen LogP contribution is 2.42. The molecule has 2 nitrogen and oxygen atoms in total. The fraction of sp³-hybridized carbons (Fsp3) is 0.571. The Morgan fingerprint density at radius 1 is 1.19 bits per heavy atom. The lowest BCUT2D eigenvalue weighted by Gasteiger charge is -2.35. The minimum absolute atomic E-state index is 0.594. The molecule has 16 heavy (non-hydrogen) atoms. The molecule has 1 heterocycles. The molecule has 86 valence electrons. The summed E-state index contributed by atoms with van der Waals surface area (Å²) in [5.41, 5.74) is 1.48. The molecule has 0 amide bonds. The summed E-state index contributed by atoms with van der Waals surface area (Å²) in [5, 5.41) is 2.10. The van der Waals surface area contributed by atoms with Crippen LogP contribution in [0.3, 0.4) is 0 Å². The second-order valence-electron chi connectivity index (χ2n) is 5.04. The quantitative estimate of drug-likeness (QED) is 0.717. The molecule has 1 saturated carbocycles. The SMILES string of the molecule is CN1OCC2CCCC(c3ccccc3)C21. The molecular weight excluding hydrogens is 198 g/mol. The number of rotatable bonds is 1. The number of likely N-dealkylation sites (N-methyl/N-ethyl adjacent to an activating group) is 1. The van der Waals surface area contributed by atoms with Gasteiger partial charge in [0.25, 0.3) is 0 Å². The van der Waals surface area contributed by atoms with Gasteiger partial charge in [0.05, 0.1) is 6.61 Å². The van der Waals surface area contributed by atoms with E-state index in [1.54, 1.807) is 0 Å². The predicted octanol–water partition coefficient (Wildman–Crippen LogP) is 2.82. The van der Waals surface area contributed by atoms with Crippen LogP contribution < -0.4 is 0 Å². The summed E-state index contributed by atoms with van der Waals surface area (Å²) >= 11 is 0. The molecular formula is C14H19NO. The first-order chi connectivity index (χ1) is 7.86. The number of hydroxylamine groups is 2. The Morgan fingerprint density at radius 3 is 2.81 bits per heavy atom. The van der Waals surface area contributed by atoms with E-state index < -0.39 is 0 Å². The van der Waals surface area contributed by atoms with Crippen molar-refractivity contribution in [3.8, 4) is 0 Å². The van der Waals surface area contributed by atoms with Crippen LogP contribution in [0.15, 0.2) is 30.3 Å². The summed E-state index contributed by atoms with van der Waals surface area (Å²) in [6.45, 7) is 0.921. The van der Waals surface area contributed by atoms with Crippen LogP contribution in [-0.4, -0.2) is 24.8 Å². The Hall–Kier alpha value is -0.860. The normalized spacial score (nSPS) is 34.9. The number of benzene rings is 1. The largest absolute Gasteiger partial charge is 0.299 e. The summed E-state index contributed by atoms with van der Waals surface area (Å²) in [6.07, 6.45) is 3.98. The molecule has 1 aliphatic carbocycles. The first-order valence-corrected chi connectivity index (χ1v) is 6.27. The zero-order chi connectivity index (χ0) is 11.0. The summed E-state index contributed by atoms with van der Waals surface area (Å²) in [5.74, 6) is 1.40. The fourth-order valence-corrected chi connectivity index (χ4v) is 3.37. The van der Waals surface area contributed by atoms with Crippen LogP contribution in [0.25, 0.3) is 0 Å². The summed E-state index contributed by atoms with van der Waals surface area (Å²) in [7, 11) is 2.09. The van der Waals surface area contributed by atoms with Crippen LogP contribution >= 0.6 is 0 Å². The molecule has 0 bridgehead atoms. The Bertz CT molecular complexity index is 349. The van der Waals surface area contributed by atoms with Gasteiger partial charge in [-0.2, -0.15) is 5.06 Å². The van der Waals surface area contributed by atoms with Gasteiger partial charge in [-0.25, -0.2) is 0 Å². The van der Waals surface area contributed by atoms with E-state index in [0.29, 0.717) is 12.0 Å². The second-order valence-corrected chi connectivity index (χ2v) is 5.04. The van der Waals surface area contributed by atoms with Crippen LogP contribution in [0, 0.1) is 5.92 Å². The minimum Gasteiger partial charge on any atom is -0.299 e. The van der Waals surface area contributed by atoms with Crippen molar-refractivity contribution in [2.75, 3.05) is 13.7 Å². The first kappa shape index (κ1) is 10.3. The van der Waals surface area contributed by atoms with Crippen LogP contribution in [-0.2, 0) is 4.84 Å². The molecule has 3 unspecified atom stereocenters. The Kier molecular flexibility index (Phi) is 2.70. The van der Waals surface area contributed by atoms with Gasteiger partial charge in [0.1, 0.15) is 0 Å². The van der Waals surface area contributed by atoms with Crippen molar-refractivity contribution in [2.45, 2.75) is 31.2 Å². The molecule has 1 aliphatic heterocycles. The van der Waals surface area contributed by atoms with Crippen molar-refractivity contribution in [2.24, 2.45) is 5.92 Å². The molecule has 2 aliphatic rings. The van der Waals surface area contributed by atoms with Gasteiger partial charge in [0, 0.05) is 24.9 Å².